The minimum Gasteiger partial charge on any atom is -0.341 e. The van der Waals surface area contributed by atoms with Crippen molar-refractivity contribution in [2.45, 2.75) is 25.8 Å². The number of piperidine rings is 1. The Kier molecular flexibility index (Phi) is 2.88. The van der Waals surface area contributed by atoms with E-state index in [0.29, 0.717) is 6.04 Å². The summed E-state index contributed by atoms with van der Waals surface area (Å²) in [4.78, 5) is 12.9. The van der Waals surface area contributed by atoms with E-state index >= 15 is 0 Å². The van der Waals surface area contributed by atoms with Gasteiger partial charge < -0.3 is 10.2 Å². The zero-order valence-electron chi connectivity index (χ0n) is 7.26. The second-order valence-corrected chi connectivity index (χ2v) is 3.09. The van der Waals surface area contributed by atoms with Gasteiger partial charge in [0.05, 0.1) is 0 Å². The van der Waals surface area contributed by atoms with E-state index in [9.17, 15) is 4.79 Å². The Balaban J connectivity index is 2.39. The molecule has 1 aliphatic rings. The number of likely N-dealkylation sites (tertiary alicyclic amines) is 1. The highest BCUT2D eigenvalue weighted by molar-refractivity contribution is 5.73. The Morgan fingerprint density at radius 1 is 1.64 bits per heavy atom. The highest BCUT2D eigenvalue weighted by Gasteiger charge is 2.19. The standard InChI is InChI=1S/C8H16N2O/c1-7(11)10-5-3-4-8(6-10)9-2/h8-9H,3-6H2,1-2H3. The number of carbonyl (C=O) groups excluding carboxylic acids is 1. The molecule has 0 aromatic rings. The Bertz CT molecular complexity index is 147. The topological polar surface area (TPSA) is 32.3 Å². The number of likely N-dealkylation sites (N-methyl/N-ethyl adjacent to an activating group) is 1. The first-order valence-electron chi connectivity index (χ1n) is 4.17. The third-order valence-corrected chi connectivity index (χ3v) is 2.27. The summed E-state index contributed by atoms with van der Waals surface area (Å²) in [6.07, 6.45) is 2.32. The fraction of sp³-hybridized carbons (Fsp3) is 0.875. The molecule has 3 heteroatoms. The van der Waals surface area contributed by atoms with Crippen LogP contribution in [0.1, 0.15) is 19.8 Å². The van der Waals surface area contributed by atoms with Crippen molar-refractivity contribution < 1.29 is 4.79 Å². The van der Waals surface area contributed by atoms with Gasteiger partial charge in [0.15, 0.2) is 0 Å². The lowest BCUT2D eigenvalue weighted by Crippen LogP contribution is -2.46. The molecule has 0 aromatic heterocycles. The van der Waals surface area contributed by atoms with Crippen molar-refractivity contribution >= 4 is 5.91 Å². The van der Waals surface area contributed by atoms with Crippen molar-refractivity contribution in [3.8, 4) is 0 Å². The summed E-state index contributed by atoms with van der Waals surface area (Å²) in [7, 11) is 1.95. The van der Waals surface area contributed by atoms with E-state index in [1.54, 1.807) is 6.92 Å². The van der Waals surface area contributed by atoms with E-state index in [1.807, 2.05) is 11.9 Å². The third-order valence-electron chi connectivity index (χ3n) is 2.27. The van der Waals surface area contributed by atoms with Gasteiger partial charge in [-0.05, 0) is 19.9 Å². The van der Waals surface area contributed by atoms with Crippen LogP contribution in [0, 0.1) is 0 Å². The van der Waals surface area contributed by atoms with Gasteiger partial charge >= 0.3 is 0 Å². The number of nitrogens with one attached hydrogen (secondary N) is 1. The van der Waals surface area contributed by atoms with Gasteiger partial charge in [-0.1, -0.05) is 0 Å². The first-order chi connectivity index (χ1) is 5.24. The van der Waals surface area contributed by atoms with Crippen LogP contribution in [0.5, 0.6) is 0 Å². The van der Waals surface area contributed by atoms with Gasteiger partial charge in [-0.2, -0.15) is 0 Å². The van der Waals surface area contributed by atoms with Crippen molar-refractivity contribution in [1.29, 1.82) is 0 Å². The molecule has 1 amide bonds. The summed E-state index contributed by atoms with van der Waals surface area (Å²) in [5.41, 5.74) is 0. The molecule has 1 N–H and O–H groups in total. The maximum atomic E-state index is 11.0. The number of rotatable bonds is 1. The molecule has 1 fully saturated rings. The van der Waals surface area contributed by atoms with E-state index in [4.69, 9.17) is 0 Å². The number of carbonyl (C=O) groups is 1. The first-order valence-corrected chi connectivity index (χ1v) is 4.17. The van der Waals surface area contributed by atoms with Gasteiger partial charge in [0.1, 0.15) is 0 Å². The van der Waals surface area contributed by atoms with E-state index in [1.165, 1.54) is 6.42 Å². The molecule has 0 aliphatic carbocycles. The van der Waals surface area contributed by atoms with Gasteiger partial charge in [0.25, 0.3) is 0 Å². The van der Waals surface area contributed by atoms with Crippen LogP contribution < -0.4 is 5.32 Å². The van der Waals surface area contributed by atoms with Crippen LogP contribution in [0.2, 0.25) is 0 Å². The number of amides is 1. The van der Waals surface area contributed by atoms with E-state index in [0.717, 1.165) is 19.5 Å². The average Bonchev–Trinajstić information content (AvgIpc) is 2.05. The first kappa shape index (κ1) is 8.53. The average molecular weight is 156 g/mol. The van der Waals surface area contributed by atoms with Crippen LogP contribution in [0.15, 0.2) is 0 Å². The normalized spacial score (nSPS) is 25.3. The smallest absolute Gasteiger partial charge is 0.219 e. The minimum absolute atomic E-state index is 0.199. The molecule has 1 saturated heterocycles. The van der Waals surface area contributed by atoms with Crippen LogP contribution in [-0.4, -0.2) is 37.0 Å². The fourth-order valence-electron chi connectivity index (χ4n) is 1.50. The molecular formula is C8H16N2O. The van der Waals surface area contributed by atoms with Crippen molar-refractivity contribution in [2.24, 2.45) is 0 Å². The van der Waals surface area contributed by atoms with Crippen molar-refractivity contribution in [3.05, 3.63) is 0 Å². The second kappa shape index (κ2) is 3.72. The zero-order valence-corrected chi connectivity index (χ0v) is 7.26. The summed E-state index contributed by atoms with van der Waals surface area (Å²) in [5, 5.41) is 3.19. The van der Waals surface area contributed by atoms with Crippen molar-refractivity contribution in [3.63, 3.8) is 0 Å². The molecule has 1 unspecified atom stereocenters. The molecule has 1 heterocycles. The monoisotopic (exact) mass is 156 g/mol. The maximum absolute atomic E-state index is 11.0. The Hall–Kier alpha value is -0.570. The van der Waals surface area contributed by atoms with E-state index < -0.39 is 0 Å². The van der Waals surface area contributed by atoms with Crippen molar-refractivity contribution in [1.82, 2.24) is 10.2 Å². The highest BCUT2D eigenvalue weighted by atomic mass is 16.2. The lowest BCUT2D eigenvalue weighted by molar-refractivity contribution is -0.130. The molecule has 1 aliphatic heterocycles. The highest BCUT2D eigenvalue weighted by Crippen LogP contribution is 2.09. The number of hydrogen-bond donors (Lipinski definition) is 1. The summed E-state index contributed by atoms with van der Waals surface area (Å²) in [6, 6.07) is 0.507. The van der Waals surface area contributed by atoms with Gasteiger partial charge in [-0.25, -0.2) is 0 Å². The summed E-state index contributed by atoms with van der Waals surface area (Å²) >= 11 is 0. The Morgan fingerprint density at radius 3 is 2.91 bits per heavy atom. The molecule has 0 bridgehead atoms. The van der Waals surface area contributed by atoms with Crippen LogP contribution in [0.4, 0.5) is 0 Å². The molecule has 0 radical (unpaired) electrons. The SMILES string of the molecule is CNC1CCCN(C(C)=O)C1. The molecule has 11 heavy (non-hydrogen) atoms. The molecule has 0 spiro atoms. The van der Waals surface area contributed by atoms with Crippen LogP contribution >= 0.6 is 0 Å². The summed E-state index contributed by atoms with van der Waals surface area (Å²) in [5.74, 6) is 0.199. The molecule has 1 atom stereocenters. The fourth-order valence-corrected chi connectivity index (χ4v) is 1.50. The van der Waals surface area contributed by atoms with Gasteiger partial charge in [-0.15, -0.1) is 0 Å². The number of hydrogen-bond acceptors (Lipinski definition) is 2. The third kappa shape index (κ3) is 2.19. The maximum Gasteiger partial charge on any atom is 0.219 e. The largest absolute Gasteiger partial charge is 0.341 e. The predicted molar refractivity (Wildman–Crippen MR) is 44.3 cm³/mol. The van der Waals surface area contributed by atoms with Crippen LogP contribution in [0.3, 0.4) is 0 Å². The molecule has 3 nitrogen and oxygen atoms in total. The molecular weight excluding hydrogens is 140 g/mol. The van der Waals surface area contributed by atoms with Gasteiger partial charge in [0, 0.05) is 26.1 Å². The van der Waals surface area contributed by atoms with E-state index in [-0.39, 0.29) is 5.91 Å². The molecule has 64 valence electrons. The Labute approximate surface area is 67.8 Å². The predicted octanol–water partition coefficient (Wildman–Crippen LogP) is 0.217. The minimum atomic E-state index is 0.199. The van der Waals surface area contributed by atoms with Crippen LogP contribution in [0.25, 0.3) is 0 Å². The van der Waals surface area contributed by atoms with E-state index in [2.05, 4.69) is 5.32 Å². The zero-order chi connectivity index (χ0) is 8.27. The van der Waals surface area contributed by atoms with Crippen LogP contribution in [-0.2, 0) is 4.79 Å². The lowest BCUT2D eigenvalue weighted by atomic mass is 10.1. The summed E-state index contributed by atoms with van der Waals surface area (Å²) < 4.78 is 0. The van der Waals surface area contributed by atoms with Gasteiger partial charge in [0.2, 0.25) is 5.91 Å². The van der Waals surface area contributed by atoms with Gasteiger partial charge in [-0.3, -0.25) is 4.79 Å². The quantitative estimate of drug-likeness (QED) is 0.589. The molecule has 0 saturated carbocycles. The second-order valence-electron chi connectivity index (χ2n) is 3.09. The molecule has 0 aromatic carbocycles. The summed E-state index contributed by atoms with van der Waals surface area (Å²) in [6.45, 7) is 3.46. The number of nitrogens with zero attached hydrogens (tertiary/aromatic N) is 1. The lowest BCUT2D eigenvalue weighted by Gasteiger charge is -2.31. The molecule has 1 rings (SSSR count). The Morgan fingerprint density at radius 2 is 2.36 bits per heavy atom. The van der Waals surface area contributed by atoms with Crippen molar-refractivity contribution in [2.75, 3.05) is 20.1 Å².